The highest BCUT2D eigenvalue weighted by atomic mass is 19.4. The fourth-order valence-electron chi connectivity index (χ4n) is 3.19. The Hall–Kier alpha value is -1.23. The molecule has 2 N–H and O–H groups in total. The molecule has 2 unspecified atom stereocenters. The van der Waals surface area contributed by atoms with Gasteiger partial charge in [0.05, 0.1) is 5.56 Å². The van der Waals surface area contributed by atoms with Crippen LogP contribution in [0.3, 0.4) is 0 Å². The fourth-order valence-corrected chi connectivity index (χ4v) is 3.19. The average Bonchev–Trinajstić information content (AvgIpc) is 2.45. The first-order valence-electron chi connectivity index (χ1n) is 7.46. The predicted octanol–water partition coefficient (Wildman–Crippen LogP) is 4.18. The Balaban J connectivity index is 2.27. The highest BCUT2D eigenvalue weighted by molar-refractivity contribution is 5.52. The lowest BCUT2D eigenvalue weighted by Gasteiger charge is -2.36. The van der Waals surface area contributed by atoms with Crippen molar-refractivity contribution in [3.8, 4) is 0 Å². The van der Waals surface area contributed by atoms with E-state index < -0.39 is 11.7 Å². The SMILES string of the molecule is CC1CCCC(N(C)c2ccc(CN)c(C(F)(F)F)c2)C1. The van der Waals surface area contributed by atoms with Crippen molar-refractivity contribution in [3.63, 3.8) is 0 Å². The summed E-state index contributed by atoms with van der Waals surface area (Å²) in [6.07, 6.45) is 0.0795. The lowest BCUT2D eigenvalue weighted by atomic mass is 9.86. The van der Waals surface area contributed by atoms with Crippen LogP contribution in [0.1, 0.15) is 43.7 Å². The zero-order chi connectivity index (χ0) is 15.6. The van der Waals surface area contributed by atoms with Crippen LogP contribution in [-0.2, 0) is 12.7 Å². The van der Waals surface area contributed by atoms with E-state index in [1.807, 2.05) is 11.9 Å². The highest BCUT2D eigenvalue weighted by Gasteiger charge is 2.34. The molecular weight excluding hydrogens is 277 g/mol. The minimum absolute atomic E-state index is 0.0979. The van der Waals surface area contributed by atoms with Crippen LogP contribution in [-0.4, -0.2) is 13.1 Å². The standard InChI is InChI=1S/C16H23F3N2/c1-11-4-3-5-13(8-11)21(2)14-7-6-12(10-20)15(9-14)16(17,18)19/h6-7,9,11,13H,3-5,8,10,20H2,1-2H3. The quantitative estimate of drug-likeness (QED) is 0.907. The maximum absolute atomic E-state index is 13.1. The van der Waals surface area contributed by atoms with Crippen molar-refractivity contribution in [2.75, 3.05) is 11.9 Å². The Morgan fingerprint density at radius 2 is 2.00 bits per heavy atom. The summed E-state index contributed by atoms with van der Waals surface area (Å²) in [6.45, 7) is 2.11. The van der Waals surface area contributed by atoms with Gasteiger partial charge in [0.25, 0.3) is 0 Å². The Kier molecular flexibility index (Phi) is 4.81. The molecule has 21 heavy (non-hydrogen) atoms. The molecule has 1 aromatic rings. The Morgan fingerprint density at radius 3 is 2.57 bits per heavy atom. The minimum atomic E-state index is -4.36. The van der Waals surface area contributed by atoms with Gasteiger partial charge in [-0.3, -0.25) is 0 Å². The van der Waals surface area contributed by atoms with Gasteiger partial charge in [0.2, 0.25) is 0 Å². The zero-order valence-corrected chi connectivity index (χ0v) is 12.6. The van der Waals surface area contributed by atoms with E-state index in [1.165, 1.54) is 18.6 Å². The van der Waals surface area contributed by atoms with Crippen molar-refractivity contribution in [1.29, 1.82) is 0 Å². The van der Waals surface area contributed by atoms with E-state index in [0.29, 0.717) is 17.6 Å². The molecule has 1 aliphatic carbocycles. The summed E-state index contributed by atoms with van der Waals surface area (Å²) >= 11 is 0. The van der Waals surface area contributed by atoms with E-state index >= 15 is 0 Å². The minimum Gasteiger partial charge on any atom is -0.372 e. The first-order chi connectivity index (χ1) is 9.82. The van der Waals surface area contributed by atoms with E-state index in [1.54, 1.807) is 6.07 Å². The number of nitrogens with zero attached hydrogens (tertiary/aromatic N) is 1. The maximum atomic E-state index is 13.1. The van der Waals surface area contributed by atoms with Crippen LogP contribution in [0.5, 0.6) is 0 Å². The first-order valence-corrected chi connectivity index (χ1v) is 7.46. The van der Waals surface area contributed by atoms with Crippen molar-refractivity contribution in [2.24, 2.45) is 11.7 Å². The van der Waals surface area contributed by atoms with Crippen molar-refractivity contribution < 1.29 is 13.2 Å². The predicted molar refractivity (Wildman–Crippen MR) is 79.2 cm³/mol. The summed E-state index contributed by atoms with van der Waals surface area (Å²) in [4.78, 5) is 1.99. The molecule has 1 saturated carbocycles. The van der Waals surface area contributed by atoms with Gasteiger partial charge in [-0.05, 0) is 36.5 Å². The second kappa shape index (κ2) is 6.26. The van der Waals surface area contributed by atoms with E-state index in [0.717, 1.165) is 19.3 Å². The summed E-state index contributed by atoms with van der Waals surface area (Å²) in [5, 5.41) is 0. The molecule has 0 heterocycles. The van der Waals surface area contributed by atoms with E-state index in [-0.39, 0.29) is 12.1 Å². The Bertz CT molecular complexity index is 485. The van der Waals surface area contributed by atoms with Crippen LogP contribution in [0.4, 0.5) is 18.9 Å². The Morgan fingerprint density at radius 1 is 1.29 bits per heavy atom. The molecular formula is C16H23F3N2. The summed E-state index contributed by atoms with van der Waals surface area (Å²) in [5.41, 5.74) is 5.58. The molecule has 0 spiro atoms. The normalized spacial score (nSPS) is 23.1. The molecule has 0 bridgehead atoms. The monoisotopic (exact) mass is 300 g/mol. The topological polar surface area (TPSA) is 29.3 Å². The number of alkyl halides is 3. The van der Waals surface area contributed by atoms with Crippen LogP contribution in [0.25, 0.3) is 0 Å². The number of nitrogens with two attached hydrogens (primary N) is 1. The second-order valence-electron chi connectivity index (χ2n) is 6.08. The molecule has 1 fully saturated rings. The van der Waals surface area contributed by atoms with Crippen LogP contribution in [0, 0.1) is 5.92 Å². The molecule has 2 rings (SSSR count). The van der Waals surface area contributed by atoms with E-state index in [9.17, 15) is 13.2 Å². The molecule has 0 radical (unpaired) electrons. The lowest BCUT2D eigenvalue weighted by Crippen LogP contribution is -2.35. The van der Waals surface area contributed by atoms with Gasteiger partial charge in [-0.1, -0.05) is 25.8 Å². The number of anilines is 1. The zero-order valence-electron chi connectivity index (χ0n) is 12.6. The molecule has 5 heteroatoms. The molecule has 0 aromatic heterocycles. The largest absolute Gasteiger partial charge is 0.416 e. The summed E-state index contributed by atoms with van der Waals surface area (Å²) in [6, 6.07) is 4.80. The van der Waals surface area contributed by atoms with Crippen LogP contribution >= 0.6 is 0 Å². The van der Waals surface area contributed by atoms with Crippen molar-refractivity contribution in [1.82, 2.24) is 0 Å². The Labute approximate surface area is 124 Å². The van der Waals surface area contributed by atoms with Gasteiger partial charge in [0.15, 0.2) is 0 Å². The molecule has 118 valence electrons. The third-order valence-electron chi connectivity index (χ3n) is 4.48. The number of rotatable bonds is 3. The van der Waals surface area contributed by atoms with Gasteiger partial charge in [0, 0.05) is 25.3 Å². The van der Waals surface area contributed by atoms with Crippen LogP contribution in [0.15, 0.2) is 18.2 Å². The van der Waals surface area contributed by atoms with Gasteiger partial charge in [-0.25, -0.2) is 0 Å². The molecule has 0 saturated heterocycles. The van der Waals surface area contributed by atoms with Crippen molar-refractivity contribution in [3.05, 3.63) is 29.3 Å². The molecule has 2 atom stereocenters. The third kappa shape index (κ3) is 3.70. The van der Waals surface area contributed by atoms with Crippen molar-refractivity contribution >= 4 is 5.69 Å². The van der Waals surface area contributed by atoms with Gasteiger partial charge in [-0.2, -0.15) is 13.2 Å². The summed E-state index contributed by atoms with van der Waals surface area (Å²) < 4.78 is 39.3. The number of hydrogen-bond donors (Lipinski definition) is 1. The summed E-state index contributed by atoms with van der Waals surface area (Å²) in [5.74, 6) is 0.636. The van der Waals surface area contributed by atoms with Gasteiger partial charge in [0.1, 0.15) is 0 Å². The molecule has 1 aromatic carbocycles. The highest BCUT2D eigenvalue weighted by Crippen LogP contribution is 2.36. The van der Waals surface area contributed by atoms with E-state index in [2.05, 4.69) is 6.92 Å². The second-order valence-corrected chi connectivity index (χ2v) is 6.08. The number of halogens is 3. The lowest BCUT2D eigenvalue weighted by molar-refractivity contribution is -0.138. The van der Waals surface area contributed by atoms with Crippen LogP contribution in [0.2, 0.25) is 0 Å². The number of hydrogen-bond acceptors (Lipinski definition) is 2. The summed E-state index contributed by atoms with van der Waals surface area (Å²) in [7, 11) is 1.89. The molecule has 0 amide bonds. The first kappa shape index (κ1) is 16.1. The van der Waals surface area contributed by atoms with Crippen LogP contribution < -0.4 is 10.6 Å². The fraction of sp³-hybridized carbons (Fsp3) is 0.625. The molecule has 2 nitrogen and oxygen atoms in total. The van der Waals surface area contributed by atoms with Gasteiger partial charge < -0.3 is 10.6 Å². The van der Waals surface area contributed by atoms with Gasteiger partial charge in [-0.15, -0.1) is 0 Å². The molecule has 0 aliphatic heterocycles. The van der Waals surface area contributed by atoms with Gasteiger partial charge >= 0.3 is 6.18 Å². The third-order valence-corrected chi connectivity index (χ3v) is 4.48. The smallest absolute Gasteiger partial charge is 0.372 e. The van der Waals surface area contributed by atoms with Crippen molar-refractivity contribution in [2.45, 2.75) is 51.4 Å². The van der Waals surface area contributed by atoms with E-state index in [4.69, 9.17) is 5.73 Å². The average molecular weight is 300 g/mol. The maximum Gasteiger partial charge on any atom is 0.416 e. The molecule has 1 aliphatic rings. The number of benzene rings is 1.